The van der Waals surface area contributed by atoms with Crippen molar-refractivity contribution in [1.82, 2.24) is 4.90 Å². The van der Waals surface area contributed by atoms with E-state index in [4.69, 9.17) is 0 Å². The summed E-state index contributed by atoms with van der Waals surface area (Å²) in [5.41, 5.74) is 2.05. The van der Waals surface area contributed by atoms with Crippen molar-refractivity contribution in [1.29, 1.82) is 0 Å². The number of hydrogen-bond donors (Lipinski definition) is 2. The second kappa shape index (κ2) is 8.62. The third-order valence-corrected chi connectivity index (χ3v) is 4.11. The number of rotatable bonds is 8. The summed E-state index contributed by atoms with van der Waals surface area (Å²) in [6.45, 7) is 4.61. The summed E-state index contributed by atoms with van der Waals surface area (Å²) in [6.07, 6.45) is -0.935. The average molecular weight is 327 g/mol. The van der Waals surface area contributed by atoms with E-state index >= 15 is 0 Å². The molecule has 2 atom stereocenters. The maximum absolute atomic E-state index is 11.9. The average Bonchev–Trinajstić information content (AvgIpc) is 2.56. The number of hydrogen-bond acceptors (Lipinski definition) is 3. The van der Waals surface area contributed by atoms with Gasteiger partial charge in [-0.05, 0) is 17.0 Å². The quantitative estimate of drug-likeness (QED) is 0.782. The molecule has 4 heteroatoms. The molecule has 2 aromatic carbocycles. The molecule has 2 N–H and O–H groups in total. The van der Waals surface area contributed by atoms with Gasteiger partial charge >= 0.3 is 5.97 Å². The molecule has 2 rings (SSSR count). The van der Waals surface area contributed by atoms with Crippen LogP contribution < -0.4 is 0 Å². The molecule has 0 aliphatic heterocycles. The van der Waals surface area contributed by atoms with E-state index in [0.29, 0.717) is 13.1 Å². The Labute approximate surface area is 143 Å². The summed E-state index contributed by atoms with van der Waals surface area (Å²) in [4.78, 5) is 13.7. The lowest BCUT2D eigenvalue weighted by molar-refractivity contribution is -0.150. The van der Waals surface area contributed by atoms with Crippen molar-refractivity contribution in [3.8, 4) is 0 Å². The minimum atomic E-state index is -0.997. The van der Waals surface area contributed by atoms with E-state index in [-0.39, 0.29) is 5.92 Å². The number of aliphatic carboxylic acids is 1. The number of carboxylic acid groups (broad SMARTS) is 1. The third-order valence-electron chi connectivity index (χ3n) is 4.11. The van der Waals surface area contributed by atoms with Gasteiger partial charge < -0.3 is 10.2 Å². The summed E-state index contributed by atoms with van der Waals surface area (Å²) in [5.74, 6) is -1.14. The predicted molar refractivity (Wildman–Crippen MR) is 94.4 cm³/mol. The molecule has 0 amide bonds. The number of nitrogens with zero attached hydrogens (tertiary/aromatic N) is 1. The Morgan fingerprint density at radius 3 is 1.67 bits per heavy atom. The summed E-state index contributed by atoms with van der Waals surface area (Å²) in [5, 5.41) is 20.2. The third kappa shape index (κ3) is 4.91. The Hall–Kier alpha value is -2.17. The molecule has 0 bridgehead atoms. The van der Waals surface area contributed by atoms with Gasteiger partial charge in [0.1, 0.15) is 6.04 Å². The van der Waals surface area contributed by atoms with Gasteiger partial charge in [0.2, 0.25) is 0 Å². The minimum Gasteiger partial charge on any atom is -0.480 e. The lowest BCUT2D eigenvalue weighted by atomic mass is 9.97. The van der Waals surface area contributed by atoms with Crippen LogP contribution in [0, 0.1) is 5.92 Å². The molecule has 0 saturated carbocycles. The van der Waals surface area contributed by atoms with Crippen LogP contribution in [0.4, 0.5) is 0 Å². The molecular formula is C20H25NO3. The van der Waals surface area contributed by atoms with Gasteiger partial charge in [0, 0.05) is 13.1 Å². The Balaban J connectivity index is 2.30. The van der Waals surface area contributed by atoms with Crippen LogP contribution in [0.25, 0.3) is 0 Å². The number of benzene rings is 2. The van der Waals surface area contributed by atoms with Crippen molar-refractivity contribution < 1.29 is 15.0 Å². The van der Waals surface area contributed by atoms with E-state index in [2.05, 4.69) is 0 Å². The number of aliphatic hydroxyl groups is 1. The number of carbonyl (C=O) groups is 1. The topological polar surface area (TPSA) is 60.8 Å². The molecule has 24 heavy (non-hydrogen) atoms. The van der Waals surface area contributed by atoms with Gasteiger partial charge in [-0.1, -0.05) is 74.5 Å². The fourth-order valence-electron chi connectivity index (χ4n) is 2.77. The van der Waals surface area contributed by atoms with Gasteiger partial charge in [-0.25, -0.2) is 0 Å². The summed E-state index contributed by atoms with van der Waals surface area (Å²) >= 11 is 0. The zero-order valence-electron chi connectivity index (χ0n) is 14.2. The van der Waals surface area contributed by atoms with Crippen molar-refractivity contribution in [3.05, 3.63) is 71.8 Å². The molecular weight excluding hydrogens is 302 g/mol. The molecule has 0 aromatic heterocycles. The number of aliphatic hydroxyl groups excluding tert-OH is 1. The summed E-state index contributed by atoms with van der Waals surface area (Å²) in [7, 11) is 0. The highest BCUT2D eigenvalue weighted by Gasteiger charge is 2.34. The van der Waals surface area contributed by atoms with Gasteiger partial charge in [-0.15, -0.1) is 0 Å². The molecule has 4 nitrogen and oxygen atoms in total. The van der Waals surface area contributed by atoms with Crippen molar-refractivity contribution >= 4 is 5.97 Å². The van der Waals surface area contributed by atoms with Crippen molar-refractivity contribution in [3.63, 3.8) is 0 Å². The van der Waals surface area contributed by atoms with Gasteiger partial charge in [0.25, 0.3) is 0 Å². The van der Waals surface area contributed by atoms with Crippen molar-refractivity contribution in [2.45, 2.75) is 39.1 Å². The Kier molecular flexibility index (Phi) is 6.53. The second-order valence-corrected chi connectivity index (χ2v) is 6.39. The maximum Gasteiger partial charge on any atom is 0.323 e. The molecule has 128 valence electrons. The van der Waals surface area contributed by atoms with Gasteiger partial charge in [-0.2, -0.15) is 0 Å². The van der Waals surface area contributed by atoms with Crippen molar-refractivity contribution in [2.75, 3.05) is 0 Å². The smallest absolute Gasteiger partial charge is 0.323 e. The fraction of sp³-hybridized carbons (Fsp3) is 0.350. The minimum absolute atomic E-state index is 0.139. The zero-order valence-corrected chi connectivity index (χ0v) is 14.2. The van der Waals surface area contributed by atoms with Crippen molar-refractivity contribution in [2.24, 2.45) is 5.92 Å². The van der Waals surface area contributed by atoms with Gasteiger partial charge in [0.05, 0.1) is 6.10 Å². The molecule has 2 unspecified atom stereocenters. The van der Waals surface area contributed by atoms with Crippen LogP contribution >= 0.6 is 0 Å². The highest BCUT2D eigenvalue weighted by Crippen LogP contribution is 2.19. The van der Waals surface area contributed by atoms with E-state index in [1.54, 1.807) is 0 Å². The molecule has 0 spiro atoms. The predicted octanol–water partition coefficient (Wildman–Crippen LogP) is 3.16. The van der Waals surface area contributed by atoms with Gasteiger partial charge in [-0.3, -0.25) is 9.69 Å². The standard InChI is InChI=1S/C20H25NO3/c1-15(2)19(22)18(20(23)24)21(13-16-9-5-3-6-10-16)14-17-11-7-4-8-12-17/h3-12,15,18-19,22H,13-14H2,1-2H3,(H,23,24). The van der Waals surface area contributed by atoms with E-state index in [1.807, 2.05) is 79.4 Å². The van der Waals surface area contributed by atoms with E-state index < -0.39 is 18.1 Å². The van der Waals surface area contributed by atoms with Crippen LogP contribution in [0.15, 0.2) is 60.7 Å². The first-order chi connectivity index (χ1) is 11.5. The molecule has 0 aliphatic rings. The van der Waals surface area contributed by atoms with Gasteiger partial charge in [0.15, 0.2) is 0 Å². The lowest BCUT2D eigenvalue weighted by Crippen LogP contribution is -2.50. The van der Waals surface area contributed by atoms with Crippen LogP contribution in [0.3, 0.4) is 0 Å². The van der Waals surface area contributed by atoms with E-state index in [1.165, 1.54) is 0 Å². The summed E-state index contributed by atoms with van der Waals surface area (Å²) in [6, 6.07) is 18.5. The highest BCUT2D eigenvalue weighted by atomic mass is 16.4. The molecule has 0 fully saturated rings. The first-order valence-electron chi connectivity index (χ1n) is 8.22. The van der Waals surface area contributed by atoms with Crippen LogP contribution in [0.1, 0.15) is 25.0 Å². The van der Waals surface area contributed by atoms with Crippen LogP contribution in [0.5, 0.6) is 0 Å². The molecule has 0 aliphatic carbocycles. The monoisotopic (exact) mass is 327 g/mol. The van der Waals surface area contributed by atoms with E-state index in [0.717, 1.165) is 11.1 Å². The van der Waals surface area contributed by atoms with Crippen LogP contribution in [0.2, 0.25) is 0 Å². The lowest BCUT2D eigenvalue weighted by Gasteiger charge is -2.33. The Bertz CT molecular complexity index is 586. The first-order valence-corrected chi connectivity index (χ1v) is 8.22. The Morgan fingerprint density at radius 2 is 1.33 bits per heavy atom. The van der Waals surface area contributed by atoms with E-state index in [9.17, 15) is 15.0 Å². The van der Waals surface area contributed by atoms with Crippen LogP contribution in [-0.4, -0.2) is 33.2 Å². The Morgan fingerprint density at radius 1 is 0.917 bits per heavy atom. The second-order valence-electron chi connectivity index (χ2n) is 6.39. The van der Waals surface area contributed by atoms with Crippen LogP contribution in [-0.2, 0) is 17.9 Å². The highest BCUT2D eigenvalue weighted by molar-refractivity contribution is 5.74. The zero-order chi connectivity index (χ0) is 17.5. The molecule has 0 heterocycles. The SMILES string of the molecule is CC(C)C(O)C(C(=O)O)N(Cc1ccccc1)Cc1ccccc1. The number of carboxylic acids is 1. The fourth-order valence-corrected chi connectivity index (χ4v) is 2.77. The largest absolute Gasteiger partial charge is 0.480 e. The molecule has 0 saturated heterocycles. The molecule has 2 aromatic rings. The maximum atomic E-state index is 11.9. The first kappa shape index (κ1) is 18.2. The normalized spacial score (nSPS) is 13.9. The molecule has 0 radical (unpaired) electrons. The summed E-state index contributed by atoms with van der Waals surface area (Å²) < 4.78 is 0.